The summed E-state index contributed by atoms with van der Waals surface area (Å²) in [5, 5.41) is 42.6. The molecule has 3 N–H and O–H groups in total. The van der Waals surface area contributed by atoms with E-state index >= 15 is 0 Å². The molecule has 29 heavy (non-hydrogen) atoms. The molecule has 4 rings (SSSR count). The lowest BCUT2D eigenvalue weighted by Gasteiger charge is -2.41. The predicted octanol–water partition coefficient (Wildman–Crippen LogP) is 2.59. The predicted molar refractivity (Wildman–Crippen MR) is 113 cm³/mol. The van der Waals surface area contributed by atoms with Crippen molar-refractivity contribution >= 4 is 50.6 Å². The summed E-state index contributed by atoms with van der Waals surface area (Å²) in [6.45, 7) is -0.403. The quantitative estimate of drug-likeness (QED) is 0.471. The van der Waals surface area contributed by atoms with E-state index in [1.807, 2.05) is 11.4 Å². The molecule has 12 heteroatoms. The molecule has 0 spiro atoms. The van der Waals surface area contributed by atoms with Crippen LogP contribution in [0.3, 0.4) is 0 Å². The zero-order valence-electron chi connectivity index (χ0n) is 14.7. The minimum absolute atomic E-state index is 0.403. The molecule has 1 aliphatic heterocycles. The lowest BCUT2D eigenvalue weighted by atomic mass is 9.97. The molecule has 0 aliphatic carbocycles. The maximum absolute atomic E-state index is 11.0. The fourth-order valence-corrected chi connectivity index (χ4v) is 5.37. The Morgan fingerprint density at radius 2 is 2.14 bits per heavy atom. The van der Waals surface area contributed by atoms with Gasteiger partial charge in [-0.05, 0) is 34.1 Å². The Kier molecular flexibility index (Phi) is 6.56. The highest BCUT2D eigenvalue weighted by Gasteiger charge is 2.46. The number of thiazole rings is 1. The van der Waals surface area contributed by atoms with Gasteiger partial charge in [0.05, 0.1) is 17.8 Å². The first-order chi connectivity index (χ1) is 14.0. The Labute approximate surface area is 187 Å². The highest BCUT2D eigenvalue weighted by atomic mass is 79.9. The minimum Gasteiger partial charge on any atom is -0.394 e. The third-order valence-corrected chi connectivity index (χ3v) is 7.62. The summed E-state index contributed by atoms with van der Waals surface area (Å²) < 4.78 is 7.88. The van der Waals surface area contributed by atoms with Crippen LogP contribution in [0, 0.1) is 0 Å². The number of nitrogens with zero attached hydrogens (tertiary/aromatic N) is 4. The standard InChI is InChI=1S/C17H16BrClN4O4S2/c18-9-5-8(1-2-10(9)19)29-17-15(26)13(14(25)12(7-24)27-17)23-6-11(21-22-23)16-20-3-4-28-16/h1-6,12-15,17,24-26H,7H2/t12-,13+,14+,15-,17?/m1/s1. The molecule has 5 atom stereocenters. The first kappa shape index (κ1) is 21.2. The number of ether oxygens (including phenoxy) is 1. The van der Waals surface area contributed by atoms with E-state index in [-0.39, 0.29) is 0 Å². The van der Waals surface area contributed by atoms with Gasteiger partial charge in [-0.25, -0.2) is 9.67 Å². The minimum atomic E-state index is -1.17. The van der Waals surface area contributed by atoms with Crippen LogP contribution in [-0.4, -0.2) is 65.7 Å². The zero-order chi connectivity index (χ0) is 20.5. The lowest BCUT2D eigenvalue weighted by Crippen LogP contribution is -2.55. The normalized spacial score (nSPS) is 27.3. The second kappa shape index (κ2) is 8.98. The van der Waals surface area contributed by atoms with Crippen LogP contribution in [0.25, 0.3) is 10.7 Å². The fraction of sp³-hybridized carbons (Fsp3) is 0.353. The van der Waals surface area contributed by atoms with Gasteiger partial charge in [-0.2, -0.15) is 0 Å². The fourth-order valence-electron chi connectivity index (χ4n) is 3.03. The van der Waals surface area contributed by atoms with Crippen molar-refractivity contribution in [2.45, 2.75) is 34.7 Å². The molecule has 0 amide bonds. The van der Waals surface area contributed by atoms with Crippen LogP contribution in [0.2, 0.25) is 5.02 Å². The van der Waals surface area contributed by atoms with Crippen molar-refractivity contribution in [3.63, 3.8) is 0 Å². The molecule has 1 aliphatic rings. The molecule has 2 aromatic heterocycles. The molecule has 0 saturated carbocycles. The second-order valence-corrected chi connectivity index (χ2v) is 9.64. The van der Waals surface area contributed by atoms with Gasteiger partial charge in [-0.3, -0.25) is 0 Å². The van der Waals surface area contributed by atoms with E-state index in [1.165, 1.54) is 27.8 Å². The van der Waals surface area contributed by atoms with Gasteiger partial charge in [0.2, 0.25) is 0 Å². The van der Waals surface area contributed by atoms with Gasteiger partial charge in [0.25, 0.3) is 0 Å². The van der Waals surface area contributed by atoms with Gasteiger partial charge in [-0.15, -0.1) is 16.4 Å². The Hall–Kier alpha value is -1.05. The summed E-state index contributed by atoms with van der Waals surface area (Å²) in [7, 11) is 0. The Balaban J connectivity index is 1.61. The zero-order valence-corrected chi connectivity index (χ0v) is 18.6. The van der Waals surface area contributed by atoms with E-state index in [1.54, 1.807) is 24.5 Å². The van der Waals surface area contributed by atoms with E-state index < -0.39 is 36.4 Å². The molecular weight excluding hydrogens is 504 g/mol. The van der Waals surface area contributed by atoms with Gasteiger partial charge >= 0.3 is 0 Å². The first-order valence-corrected chi connectivity index (χ1v) is 11.5. The number of rotatable bonds is 5. The van der Waals surface area contributed by atoms with E-state index in [0.29, 0.717) is 20.2 Å². The SMILES string of the molecule is OC[C@H]1OC(Sc2ccc(Cl)c(Br)c2)[C@H](O)[C@@H](n2cc(-c3nccs3)nn2)[C@H]1O. The van der Waals surface area contributed by atoms with Crippen LogP contribution >= 0.6 is 50.6 Å². The summed E-state index contributed by atoms with van der Waals surface area (Å²) in [5.74, 6) is 0. The average Bonchev–Trinajstić information content (AvgIpc) is 3.39. The monoisotopic (exact) mass is 518 g/mol. The number of aliphatic hydroxyl groups excluding tert-OH is 3. The number of hydrogen-bond donors (Lipinski definition) is 3. The Morgan fingerprint density at radius 1 is 1.31 bits per heavy atom. The maximum atomic E-state index is 11.0. The number of hydrogen-bond acceptors (Lipinski definition) is 9. The summed E-state index contributed by atoms with van der Waals surface area (Å²) in [5.41, 5.74) is -0.210. The molecule has 3 aromatic rings. The van der Waals surface area contributed by atoms with Crippen LogP contribution in [0.1, 0.15) is 6.04 Å². The molecule has 1 unspecified atom stereocenters. The number of benzene rings is 1. The van der Waals surface area contributed by atoms with Crippen LogP contribution < -0.4 is 0 Å². The molecule has 1 saturated heterocycles. The summed E-state index contributed by atoms with van der Waals surface area (Å²) in [6.07, 6.45) is 0.114. The Bertz CT molecular complexity index is 976. The summed E-state index contributed by atoms with van der Waals surface area (Å²) in [4.78, 5) is 5.00. The highest BCUT2D eigenvalue weighted by molar-refractivity contribution is 9.10. The van der Waals surface area contributed by atoms with Crippen molar-refractivity contribution in [1.82, 2.24) is 20.0 Å². The molecule has 8 nitrogen and oxygen atoms in total. The molecule has 1 fully saturated rings. The molecule has 1 aromatic carbocycles. The number of thioether (sulfide) groups is 1. The smallest absolute Gasteiger partial charge is 0.145 e. The van der Waals surface area contributed by atoms with Gasteiger partial charge in [-0.1, -0.05) is 28.6 Å². The summed E-state index contributed by atoms with van der Waals surface area (Å²) >= 11 is 12.1. The Morgan fingerprint density at radius 3 is 2.83 bits per heavy atom. The highest BCUT2D eigenvalue weighted by Crippen LogP contribution is 2.39. The molecule has 3 heterocycles. The van der Waals surface area contributed by atoms with Gasteiger partial charge in [0.1, 0.15) is 40.5 Å². The largest absolute Gasteiger partial charge is 0.394 e. The number of aliphatic hydroxyl groups is 3. The van der Waals surface area contributed by atoms with E-state index in [2.05, 4.69) is 31.2 Å². The molecule has 0 radical (unpaired) electrons. The van der Waals surface area contributed by atoms with Crippen LogP contribution in [-0.2, 0) is 4.74 Å². The lowest BCUT2D eigenvalue weighted by molar-refractivity contribution is -0.178. The van der Waals surface area contributed by atoms with E-state index in [9.17, 15) is 15.3 Å². The van der Waals surface area contributed by atoms with Crippen molar-refractivity contribution in [2.75, 3.05) is 6.61 Å². The van der Waals surface area contributed by atoms with Crippen molar-refractivity contribution in [3.8, 4) is 10.7 Å². The van der Waals surface area contributed by atoms with E-state index in [0.717, 1.165) is 4.90 Å². The van der Waals surface area contributed by atoms with Crippen LogP contribution in [0.4, 0.5) is 0 Å². The number of halogens is 2. The average molecular weight is 520 g/mol. The van der Waals surface area contributed by atoms with Gasteiger partial charge in [0, 0.05) is 20.9 Å². The van der Waals surface area contributed by atoms with Gasteiger partial charge < -0.3 is 20.1 Å². The van der Waals surface area contributed by atoms with Crippen LogP contribution in [0.5, 0.6) is 0 Å². The van der Waals surface area contributed by atoms with Gasteiger partial charge in [0.15, 0.2) is 0 Å². The van der Waals surface area contributed by atoms with Crippen molar-refractivity contribution in [3.05, 3.63) is 45.5 Å². The van der Waals surface area contributed by atoms with E-state index in [4.69, 9.17) is 16.3 Å². The molecular formula is C17H16BrClN4O4S2. The second-order valence-electron chi connectivity index (χ2n) is 6.31. The van der Waals surface area contributed by atoms with Crippen molar-refractivity contribution in [1.29, 1.82) is 0 Å². The summed E-state index contributed by atoms with van der Waals surface area (Å²) in [6, 6.07) is 4.50. The maximum Gasteiger partial charge on any atom is 0.145 e. The van der Waals surface area contributed by atoms with Crippen molar-refractivity contribution in [2.24, 2.45) is 0 Å². The molecule has 0 bridgehead atoms. The number of aromatic nitrogens is 4. The topological polar surface area (TPSA) is 114 Å². The van der Waals surface area contributed by atoms with Crippen molar-refractivity contribution < 1.29 is 20.1 Å². The third-order valence-electron chi connectivity index (χ3n) is 4.46. The molecule has 154 valence electrons. The third kappa shape index (κ3) is 4.37. The first-order valence-electron chi connectivity index (χ1n) is 8.54. The van der Waals surface area contributed by atoms with Crippen LogP contribution in [0.15, 0.2) is 45.3 Å².